The number of aliphatic hydroxyl groups is 2. The quantitative estimate of drug-likeness (QED) is 0.126. The monoisotopic (exact) mass is 636 g/mol. The number of nitrogen functional groups attached to an aromatic ring is 1. The summed E-state index contributed by atoms with van der Waals surface area (Å²) in [5, 5.41) is 20.5. The van der Waals surface area contributed by atoms with Gasteiger partial charge in [-0.2, -0.15) is 0 Å². The molecule has 1 fully saturated rings. The number of phosphoric ester groups is 1. The Balaban J connectivity index is 0.00000385. The summed E-state index contributed by atoms with van der Waals surface area (Å²) < 4.78 is 50.8. The van der Waals surface area contributed by atoms with Crippen molar-refractivity contribution in [3.63, 3.8) is 0 Å². The fourth-order valence-corrected chi connectivity index (χ4v) is 6.10. The zero-order valence-electron chi connectivity index (χ0n) is 18.1. The molecule has 0 aromatic carbocycles. The molecule has 1 aliphatic heterocycles. The van der Waals surface area contributed by atoms with Crippen LogP contribution in [-0.2, 0) is 31.6 Å². The summed E-state index contributed by atoms with van der Waals surface area (Å²) in [7, 11) is -17.8. The fourth-order valence-electron chi connectivity index (χ4n) is 2.66. The van der Waals surface area contributed by atoms with Gasteiger partial charge in [0.25, 0.3) is 23.5 Å². The maximum Gasteiger partial charge on any atom is 0.280 e. The first-order valence-electron chi connectivity index (χ1n) is 7.99. The van der Waals surface area contributed by atoms with Gasteiger partial charge in [-0.25, -0.2) is 23.6 Å². The van der Waals surface area contributed by atoms with Crippen molar-refractivity contribution in [2.24, 2.45) is 0 Å². The number of hydrogen-bond acceptors (Lipinski definition) is 16. The Kier molecular flexibility index (Phi) is 11.7. The number of rotatable bonds is 8. The third-order valence-electron chi connectivity index (χ3n) is 3.85. The summed E-state index contributed by atoms with van der Waals surface area (Å²) in [4.78, 5) is 53.4. The zero-order chi connectivity index (χ0) is 24.1. The number of phosphoric acid groups is 3. The molecule has 3 heterocycles. The highest BCUT2D eigenvalue weighted by atomic mass is 79.9. The Hall–Kier alpha value is -1.00. The number of anilines is 1. The molecule has 0 radical (unpaired) electrons. The fraction of sp³-hybridized carbons (Fsp3) is 0.500. The molecule has 0 saturated carbocycles. The highest BCUT2D eigenvalue weighted by Crippen LogP contribution is 2.61. The van der Waals surface area contributed by atoms with Crippen molar-refractivity contribution in [3.05, 3.63) is 11.1 Å². The van der Waals surface area contributed by atoms with Crippen LogP contribution in [0.15, 0.2) is 11.1 Å². The van der Waals surface area contributed by atoms with E-state index < -0.39 is 54.6 Å². The van der Waals surface area contributed by atoms with Gasteiger partial charge in [0.2, 0.25) is 0 Å². The van der Waals surface area contributed by atoms with Crippen LogP contribution < -0.4 is 38.9 Å². The lowest BCUT2D eigenvalue weighted by Crippen LogP contribution is -2.34. The molecule has 2 aromatic heterocycles. The van der Waals surface area contributed by atoms with E-state index in [-0.39, 0.29) is 40.2 Å². The highest BCUT2D eigenvalue weighted by molar-refractivity contribution is 9.10. The smallest absolute Gasteiger partial charge is 0.280 e. The second-order valence-electron chi connectivity index (χ2n) is 6.05. The Morgan fingerprint density at radius 3 is 2.26 bits per heavy atom. The molecule has 21 nitrogen and oxygen atoms in total. The second kappa shape index (κ2) is 12.0. The number of imidazole rings is 1. The van der Waals surface area contributed by atoms with E-state index in [1.165, 1.54) is 4.57 Å². The van der Waals surface area contributed by atoms with Gasteiger partial charge in [-0.05, 0) is 15.9 Å². The van der Waals surface area contributed by atoms with Crippen molar-refractivity contribution in [2.75, 3.05) is 12.3 Å². The van der Waals surface area contributed by atoms with Gasteiger partial charge >= 0.3 is 0 Å². The minimum Gasteiger partial charge on any atom is -0.756 e. The van der Waals surface area contributed by atoms with Crippen LogP contribution in [0.25, 0.3) is 11.2 Å². The van der Waals surface area contributed by atoms with E-state index >= 15 is 0 Å². The highest BCUT2D eigenvalue weighted by Gasteiger charge is 2.45. The van der Waals surface area contributed by atoms with Gasteiger partial charge in [0.05, 0.1) is 6.61 Å². The van der Waals surface area contributed by atoms with Crippen molar-refractivity contribution in [1.82, 2.24) is 38.0 Å². The lowest BCUT2D eigenvalue weighted by molar-refractivity contribution is -0.250. The number of nitrogens with zero attached hydrogens (tertiary/aromatic N) is 4. The molecular weight excluding hydrogens is 613 g/mol. The van der Waals surface area contributed by atoms with Crippen molar-refractivity contribution in [2.45, 2.75) is 24.5 Å². The van der Waals surface area contributed by atoms with Gasteiger partial charge < -0.3 is 63.2 Å². The zero-order valence-corrected chi connectivity index (χ0v) is 22.4. The van der Waals surface area contributed by atoms with Crippen molar-refractivity contribution >= 4 is 56.4 Å². The van der Waals surface area contributed by atoms with Gasteiger partial charge in [0.15, 0.2) is 27.9 Å². The number of fused-ring (bicyclic) bond motifs is 1. The van der Waals surface area contributed by atoms with E-state index in [4.69, 9.17) is 15.4 Å². The molecule has 1 aliphatic rings. The molecule has 7 atom stereocenters. The summed E-state index contributed by atoms with van der Waals surface area (Å²) in [6, 6.07) is 0. The van der Waals surface area contributed by atoms with Gasteiger partial charge in [-0.15, -0.1) is 0 Å². The number of ether oxygens (including phenoxy) is 1. The van der Waals surface area contributed by atoms with E-state index in [0.29, 0.717) is 0 Å². The van der Waals surface area contributed by atoms with Gasteiger partial charge in [-0.3, -0.25) is 18.3 Å². The van der Waals surface area contributed by atoms with E-state index in [0.717, 1.165) is 6.33 Å². The topological polar surface area (TPSA) is 397 Å². The predicted molar refractivity (Wildman–Crippen MR) is 114 cm³/mol. The van der Waals surface area contributed by atoms with Gasteiger partial charge in [0.1, 0.15) is 24.6 Å². The van der Waals surface area contributed by atoms with E-state index in [1.807, 2.05) is 0 Å². The maximum atomic E-state index is 11.7. The Bertz CT molecular complexity index is 1160. The molecule has 25 heteroatoms. The average Bonchev–Trinajstić information content (AvgIpc) is 3.08. The molecule has 0 aliphatic carbocycles. The first-order chi connectivity index (χ1) is 14.6. The lowest BCUT2D eigenvalue weighted by Gasteiger charge is -2.33. The molecule has 35 heavy (non-hydrogen) atoms. The minimum absolute atomic E-state index is 0. The number of halogens is 1. The van der Waals surface area contributed by atoms with Crippen LogP contribution in [0, 0.1) is 0 Å². The molecule has 0 spiro atoms. The largest absolute Gasteiger partial charge is 0.756 e. The molecule has 2 aromatic rings. The van der Waals surface area contributed by atoms with Gasteiger partial charge in [0, 0.05) is 0 Å². The van der Waals surface area contributed by atoms with Crippen LogP contribution in [0.4, 0.5) is 5.82 Å². The van der Waals surface area contributed by atoms with Gasteiger partial charge in [-0.1, -0.05) is 0 Å². The number of nitrogens with two attached hydrogens (primary N) is 1. The standard InChI is InChI=1S/C10H15BrN5O13P3.3H3N/c11-10-15-4-7(12)13-2-14-8(4)16(10)9-6(18)5(17)3(27-9)1-26-31(22,23)29-32(24,25)28-30(19,20)21;;;/h2-3,5-6,9,17-18H,1H2,(H,22,23)(H,24,25)(H2,12,13,14)(H2,19,20,21);3*1H3/t3-,5-,6-,9-;;;/m1.../s1. The van der Waals surface area contributed by atoms with E-state index in [2.05, 4.69) is 44.0 Å². The SMILES string of the molecule is Nc1ncnc2c1nc(Br)n2[C@@H]1O[C@H](COP(=O)([O-])OP(=O)([O-])OP(=O)([O-])O)[C@@H](O)[C@H]1O.[NH4+].[NH4+].[NH4+]. The van der Waals surface area contributed by atoms with Crippen molar-refractivity contribution < 1.29 is 61.4 Å². The number of hydrogen-bond donors (Lipinski definition) is 7. The summed E-state index contributed by atoms with van der Waals surface area (Å²) in [5.41, 5.74) is 5.92. The third kappa shape index (κ3) is 7.99. The van der Waals surface area contributed by atoms with Crippen LogP contribution in [0.1, 0.15) is 6.23 Å². The first kappa shape index (κ1) is 34.0. The van der Waals surface area contributed by atoms with E-state index in [9.17, 15) is 38.6 Å². The molecular formula is C10H24BrN8O13P3. The minimum atomic E-state index is -6.09. The van der Waals surface area contributed by atoms with E-state index in [1.54, 1.807) is 0 Å². The molecule has 204 valence electrons. The second-order valence-corrected chi connectivity index (χ2v) is 11.1. The van der Waals surface area contributed by atoms with Crippen LogP contribution in [0.3, 0.4) is 0 Å². The van der Waals surface area contributed by atoms with Crippen LogP contribution in [-0.4, -0.2) is 59.5 Å². The Morgan fingerprint density at radius 1 is 1.09 bits per heavy atom. The molecule has 3 unspecified atom stereocenters. The Labute approximate surface area is 203 Å². The third-order valence-corrected chi connectivity index (χ3v) is 8.10. The molecule has 17 N–H and O–H groups in total. The lowest BCUT2D eigenvalue weighted by atomic mass is 10.1. The summed E-state index contributed by atoms with van der Waals surface area (Å²) in [6.07, 6.45) is -5.26. The van der Waals surface area contributed by atoms with Crippen molar-refractivity contribution in [1.29, 1.82) is 0 Å². The molecule has 3 rings (SSSR count). The number of quaternary nitrogens is 3. The summed E-state index contributed by atoms with van der Waals surface area (Å²) in [5.74, 6) is 0.00146. The average molecular weight is 637 g/mol. The Morgan fingerprint density at radius 2 is 1.69 bits per heavy atom. The summed E-state index contributed by atoms with van der Waals surface area (Å²) >= 11 is 3.11. The van der Waals surface area contributed by atoms with Crippen LogP contribution in [0.2, 0.25) is 0 Å². The van der Waals surface area contributed by atoms with Crippen LogP contribution in [0.5, 0.6) is 0 Å². The normalized spacial score (nSPS) is 26.9. The first-order valence-corrected chi connectivity index (χ1v) is 13.2. The van der Waals surface area contributed by atoms with Crippen LogP contribution >= 0.6 is 39.4 Å². The molecule has 0 bridgehead atoms. The van der Waals surface area contributed by atoms with Crippen molar-refractivity contribution in [3.8, 4) is 0 Å². The molecule has 1 saturated heterocycles. The predicted octanol–water partition coefficient (Wildman–Crippen LogP) is -1.63. The number of aliphatic hydroxyl groups excluding tert-OH is 2. The molecule has 0 amide bonds. The maximum absolute atomic E-state index is 11.7. The number of aromatic nitrogens is 4. The summed E-state index contributed by atoms with van der Waals surface area (Å²) in [6.45, 7) is -1.08.